The molecule has 0 aromatic heterocycles. The van der Waals surface area contributed by atoms with E-state index in [0.29, 0.717) is 13.2 Å². The Bertz CT molecular complexity index is 404. The molecule has 18 heavy (non-hydrogen) atoms. The fraction of sp³-hybridized carbons (Fsp3) is 0.429. The summed E-state index contributed by atoms with van der Waals surface area (Å²) in [6, 6.07) is 5.98. The average molecular weight is 249 g/mol. The largest absolute Gasteiger partial charge is 0.486 e. The molecule has 0 fully saturated rings. The van der Waals surface area contributed by atoms with Gasteiger partial charge in [0.1, 0.15) is 13.2 Å². The van der Waals surface area contributed by atoms with Crippen molar-refractivity contribution in [3.05, 3.63) is 29.8 Å². The average Bonchev–Trinajstić information content (AvgIpc) is 2.42. The highest BCUT2D eigenvalue weighted by atomic mass is 16.6. The molecule has 4 nitrogen and oxygen atoms in total. The Kier molecular flexibility index (Phi) is 5.05. The lowest BCUT2D eigenvalue weighted by atomic mass is 10.2. The zero-order chi connectivity index (χ0) is 12.6. The third kappa shape index (κ3) is 3.75. The van der Waals surface area contributed by atoms with Crippen molar-refractivity contribution >= 4 is 6.08 Å². The van der Waals surface area contributed by atoms with Crippen molar-refractivity contribution in [2.24, 2.45) is 0 Å². The number of ether oxygens (including phenoxy) is 3. The lowest BCUT2D eigenvalue weighted by Gasteiger charge is -2.18. The Labute approximate surface area is 108 Å². The second kappa shape index (κ2) is 7.03. The number of nitrogens with one attached hydrogen (secondary N) is 1. The van der Waals surface area contributed by atoms with Crippen molar-refractivity contribution in [1.82, 2.24) is 5.32 Å². The van der Waals surface area contributed by atoms with Gasteiger partial charge in [-0.3, -0.25) is 0 Å². The van der Waals surface area contributed by atoms with Crippen LogP contribution in [0.2, 0.25) is 0 Å². The van der Waals surface area contributed by atoms with Gasteiger partial charge in [-0.1, -0.05) is 18.2 Å². The van der Waals surface area contributed by atoms with E-state index in [0.717, 1.165) is 36.8 Å². The van der Waals surface area contributed by atoms with Crippen LogP contribution in [0, 0.1) is 0 Å². The van der Waals surface area contributed by atoms with Crippen LogP contribution in [0.3, 0.4) is 0 Å². The maximum Gasteiger partial charge on any atom is 0.161 e. The monoisotopic (exact) mass is 249 g/mol. The topological polar surface area (TPSA) is 39.7 Å². The molecule has 0 amide bonds. The van der Waals surface area contributed by atoms with Gasteiger partial charge in [0.2, 0.25) is 0 Å². The lowest BCUT2D eigenvalue weighted by Crippen LogP contribution is -2.18. The van der Waals surface area contributed by atoms with Crippen LogP contribution < -0.4 is 14.8 Å². The molecule has 0 radical (unpaired) electrons. The molecule has 0 saturated heterocycles. The SMILES string of the molecule is COCCNCC=Cc1ccc2c(c1)OCCO2. The smallest absolute Gasteiger partial charge is 0.161 e. The second-order valence-electron chi connectivity index (χ2n) is 4.00. The summed E-state index contributed by atoms with van der Waals surface area (Å²) in [7, 11) is 1.70. The summed E-state index contributed by atoms with van der Waals surface area (Å²) in [4.78, 5) is 0. The molecule has 98 valence electrons. The molecular formula is C14H19NO3. The van der Waals surface area contributed by atoms with Crippen molar-refractivity contribution in [2.75, 3.05) is 40.0 Å². The predicted octanol–water partition coefficient (Wildman–Crippen LogP) is 1.71. The number of hydrogen-bond donors (Lipinski definition) is 1. The van der Waals surface area contributed by atoms with E-state index in [1.165, 1.54) is 0 Å². The molecule has 0 bridgehead atoms. The zero-order valence-corrected chi connectivity index (χ0v) is 10.6. The van der Waals surface area contributed by atoms with E-state index in [2.05, 4.69) is 17.5 Å². The third-order valence-corrected chi connectivity index (χ3v) is 2.62. The molecule has 0 spiro atoms. The molecule has 1 aromatic rings. The van der Waals surface area contributed by atoms with Crippen LogP contribution in [0.1, 0.15) is 5.56 Å². The molecule has 2 rings (SSSR count). The van der Waals surface area contributed by atoms with E-state index in [1.54, 1.807) is 7.11 Å². The highest BCUT2D eigenvalue weighted by Crippen LogP contribution is 2.30. The summed E-state index contributed by atoms with van der Waals surface area (Å²) in [5.74, 6) is 1.66. The molecule has 1 aliphatic heterocycles. The fourth-order valence-electron chi connectivity index (χ4n) is 1.72. The molecule has 0 atom stereocenters. The van der Waals surface area contributed by atoms with Crippen molar-refractivity contribution in [3.8, 4) is 11.5 Å². The molecule has 1 heterocycles. The summed E-state index contributed by atoms with van der Waals surface area (Å²) in [6.07, 6.45) is 4.15. The van der Waals surface area contributed by atoms with Gasteiger partial charge in [0.05, 0.1) is 6.61 Å². The maximum absolute atomic E-state index is 5.53. The van der Waals surface area contributed by atoms with Gasteiger partial charge >= 0.3 is 0 Å². The van der Waals surface area contributed by atoms with Crippen molar-refractivity contribution < 1.29 is 14.2 Å². The standard InChI is InChI=1S/C14H19NO3/c1-16-8-7-15-6-2-3-12-4-5-13-14(11-12)18-10-9-17-13/h2-5,11,15H,6-10H2,1H3. The Hall–Kier alpha value is -1.52. The quantitative estimate of drug-likeness (QED) is 0.779. The molecule has 0 saturated carbocycles. The van der Waals surface area contributed by atoms with Gasteiger partial charge in [0.25, 0.3) is 0 Å². The lowest BCUT2D eigenvalue weighted by molar-refractivity contribution is 0.171. The first-order valence-corrected chi connectivity index (χ1v) is 6.16. The van der Waals surface area contributed by atoms with Crippen molar-refractivity contribution in [1.29, 1.82) is 0 Å². The number of fused-ring (bicyclic) bond motifs is 1. The van der Waals surface area contributed by atoms with Gasteiger partial charge in [-0.2, -0.15) is 0 Å². The Morgan fingerprint density at radius 3 is 2.94 bits per heavy atom. The number of methoxy groups -OCH3 is 1. The fourth-order valence-corrected chi connectivity index (χ4v) is 1.72. The number of rotatable bonds is 6. The molecule has 4 heteroatoms. The molecule has 1 aliphatic rings. The van der Waals surface area contributed by atoms with Crippen LogP contribution in [0.4, 0.5) is 0 Å². The van der Waals surface area contributed by atoms with E-state index >= 15 is 0 Å². The minimum absolute atomic E-state index is 0.624. The van der Waals surface area contributed by atoms with E-state index in [1.807, 2.05) is 18.2 Å². The van der Waals surface area contributed by atoms with Gasteiger partial charge in [-0.15, -0.1) is 0 Å². The summed E-state index contributed by atoms with van der Waals surface area (Å²) in [5.41, 5.74) is 1.12. The van der Waals surface area contributed by atoms with Crippen LogP contribution >= 0.6 is 0 Å². The Morgan fingerprint density at radius 1 is 1.28 bits per heavy atom. The van der Waals surface area contributed by atoms with Gasteiger partial charge in [0, 0.05) is 20.2 Å². The van der Waals surface area contributed by atoms with Gasteiger partial charge in [-0.25, -0.2) is 0 Å². The van der Waals surface area contributed by atoms with Gasteiger partial charge in [0.15, 0.2) is 11.5 Å². The summed E-state index contributed by atoms with van der Waals surface area (Å²) in [5, 5.41) is 3.25. The molecular weight excluding hydrogens is 230 g/mol. The van der Waals surface area contributed by atoms with E-state index < -0.39 is 0 Å². The first-order valence-electron chi connectivity index (χ1n) is 6.16. The minimum Gasteiger partial charge on any atom is -0.486 e. The molecule has 1 N–H and O–H groups in total. The third-order valence-electron chi connectivity index (χ3n) is 2.62. The maximum atomic E-state index is 5.53. The van der Waals surface area contributed by atoms with Crippen molar-refractivity contribution in [3.63, 3.8) is 0 Å². The van der Waals surface area contributed by atoms with Crippen LogP contribution in [-0.2, 0) is 4.74 Å². The van der Waals surface area contributed by atoms with Crippen LogP contribution in [0.15, 0.2) is 24.3 Å². The Morgan fingerprint density at radius 2 is 2.11 bits per heavy atom. The van der Waals surface area contributed by atoms with Gasteiger partial charge < -0.3 is 19.5 Å². The van der Waals surface area contributed by atoms with Crippen LogP contribution in [0.25, 0.3) is 6.08 Å². The Balaban J connectivity index is 1.83. The first-order chi connectivity index (χ1) is 8.90. The van der Waals surface area contributed by atoms with Crippen molar-refractivity contribution in [2.45, 2.75) is 0 Å². The first kappa shape index (κ1) is 12.9. The predicted molar refractivity (Wildman–Crippen MR) is 71.2 cm³/mol. The summed E-state index contributed by atoms with van der Waals surface area (Å²) in [6.45, 7) is 3.68. The normalized spacial score (nSPS) is 14.1. The molecule has 0 unspecified atom stereocenters. The second-order valence-corrected chi connectivity index (χ2v) is 4.00. The zero-order valence-electron chi connectivity index (χ0n) is 10.6. The van der Waals surface area contributed by atoms with Crippen LogP contribution in [-0.4, -0.2) is 40.0 Å². The minimum atomic E-state index is 0.624. The number of benzene rings is 1. The highest BCUT2D eigenvalue weighted by Gasteiger charge is 2.10. The highest BCUT2D eigenvalue weighted by molar-refractivity contribution is 5.56. The van der Waals surface area contributed by atoms with E-state index in [4.69, 9.17) is 14.2 Å². The molecule has 1 aromatic carbocycles. The van der Waals surface area contributed by atoms with Crippen LogP contribution in [0.5, 0.6) is 11.5 Å². The van der Waals surface area contributed by atoms with E-state index in [-0.39, 0.29) is 0 Å². The molecule has 0 aliphatic carbocycles. The van der Waals surface area contributed by atoms with Gasteiger partial charge in [-0.05, 0) is 17.7 Å². The summed E-state index contributed by atoms with van der Waals surface area (Å²) >= 11 is 0. The van der Waals surface area contributed by atoms with E-state index in [9.17, 15) is 0 Å². The number of hydrogen-bond acceptors (Lipinski definition) is 4. The summed E-state index contributed by atoms with van der Waals surface area (Å²) < 4.78 is 16.0.